The number of hydrogen-bond donors (Lipinski definition) is 2. The third-order valence-electron chi connectivity index (χ3n) is 2.78. The summed E-state index contributed by atoms with van der Waals surface area (Å²) in [6, 6.07) is 9.91. The summed E-state index contributed by atoms with van der Waals surface area (Å²) in [5.41, 5.74) is 1.12. The van der Waals surface area contributed by atoms with Crippen LogP contribution in [0.5, 0.6) is 0 Å². The maximum atomic E-state index is 9.34. The zero-order valence-electron chi connectivity index (χ0n) is 8.54. The lowest BCUT2D eigenvalue weighted by molar-refractivity contribution is 0.0354. The molecule has 3 nitrogen and oxygen atoms in total. The Hall–Kier alpha value is -0.900. The minimum Gasteiger partial charge on any atom is -0.390 e. The molecule has 1 aliphatic carbocycles. The van der Waals surface area contributed by atoms with E-state index in [1.54, 1.807) is 0 Å². The molecule has 2 rings (SSSR count). The van der Waals surface area contributed by atoms with E-state index < -0.39 is 12.2 Å². The number of aliphatic hydroxyl groups is 2. The Morgan fingerprint density at radius 3 is 2.27 bits per heavy atom. The number of ether oxygens (including phenoxy) is 1. The highest BCUT2D eigenvalue weighted by Gasteiger charge is 2.31. The summed E-state index contributed by atoms with van der Waals surface area (Å²) < 4.78 is 5.61. The summed E-state index contributed by atoms with van der Waals surface area (Å²) >= 11 is 0. The van der Waals surface area contributed by atoms with Gasteiger partial charge in [-0.15, -0.1) is 0 Å². The van der Waals surface area contributed by atoms with Crippen molar-refractivity contribution in [2.24, 2.45) is 0 Å². The van der Waals surface area contributed by atoms with Gasteiger partial charge in [-0.1, -0.05) is 30.3 Å². The normalized spacial score (nSPS) is 27.1. The smallest absolute Gasteiger partial charge is 0.0824 e. The number of rotatable bonds is 3. The minimum atomic E-state index is -0.620. The van der Waals surface area contributed by atoms with Gasteiger partial charge >= 0.3 is 0 Å². The van der Waals surface area contributed by atoms with E-state index in [0.717, 1.165) is 5.56 Å². The second-order valence-corrected chi connectivity index (χ2v) is 4.02. The van der Waals surface area contributed by atoms with Crippen LogP contribution in [0.15, 0.2) is 30.3 Å². The molecule has 1 aromatic carbocycles. The standard InChI is InChI=1S/C12H16O3/c13-11-6-10(7-12(11)14)15-8-9-4-2-1-3-5-9/h1-5,10-14H,6-8H2/t11-,12-/m0/s1. The molecule has 0 bridgehead atoms. The van der Waals surface area contributed by atoms with Gasteiger partial charge in [0.25, 0.3) is 0 Å². The van der Waals surface area contributed by atoms with Crippen LogP contribution in [-0.4, -0.2) is 28.5 Å². The van der Waals surface area contributed by atoms with Crippen LogP contribution in [0.1, 0.15) is 18.4 Å². The van der Waals surface area contributed by atoms with Crippen LogP contribution in [-0.2, 0) is 11.3 Å². The molecule has 1 saturated carbocycles. The van der Waals surface area contributed by atoms with E-state index in [-0.39, 0.29) is 6.10 Å². The number of benzene rings is 1. The molecule has 0 radical (unpaired) electrons. The van der Waals surface area contributed by atoms with Crippen LogP contribution in [0.25, 0.3) is 0 Å². The monoisotopic (exact) mass is 208 g/mol. The number of aliphatic hydroxyl groups excluding tert-OH is 2. The van der Waals surface area contributed by atoms with Crippen LogP contribution in [0.2, 0.25) is 0 Å². The fourth-order valence-corrected chi connectivity index (χ4v) is 1.87. The molecule has 1 aromatic rings. The Morgan fingerprint density at radius 1 is 1.07 bits per heavy atom. The predicted molar refractivity (Wildman–Crippen MR) is 56.3 cm³/mol. The molecule has 0 spiro atoms. The molecule has 2 N–H and O–H groups in total. The molecule has 15 heavy (non-hydrogen) atoms. The third-order valence-corrected chi connectivity index (χ3v) is 2.78. The van der Waals surface area contributed by atoms with Crippen molar-refractivity contribution in [1.29, 1.82) is 0 Å². The second-order valence-electron chi connectivity index (χ2n) is 4.02. The average molecular weight is 208 g/mol. The Morgan fingerprint density at radius 2 is 1.67 bits per heavy atom. The quantitative estimate of drug-likeness (QED) is 0.781. The lowest BCUT2D eigenvalue weighted by atomic mass is 10.2. The lowest BCUT2D eigenvalue weighted by Gasteiger charge is -2.10. The maximum absolute atomic E-state index is 9.34. The molecule has 0 aromatic heterocycles. The van der Waals surface area contributed by atoms with Crippen molar-refractivity contribution in [1.82, 2.24) is 0 Å². The van der Waals surface area contributed by atoms with Crippen molar-refractivity contribution in [3.63, 3.8) is 0 Å². The summed E-state index contributed by atoms with van der Waals surface area (Å²) in [5.74, 6) is 0. The molecular weight excluding hydrogens is 192 g/mol. The van der Waals surface area contributed by atoms with Gasteiger partial charge in [0.2, 0.25) is 0 Å². The lowest BCUT2D eigenvalue weighted by Crippen LogP contribution is -2.17. The van der Waals surface area contributed by atoms with E-state index in [1.165, 1.54) is 0 Å². The van der Waals surface area contributed by atoms with Gasteiger partial charge in [0.05, 0.1) is 24.9 Å². The van der Waals surface area contributed by atoms with E-state index >= 15 is 0 Å². The van der Waals surface area contributed by atoms with Crippen molar-refractivity contribution in [2.45, 2.75) is 37.8 Å². The fraction of sp³-hybridized carbons (Fsp3) is 0.500. The van der Waals surface area contributed by atoms with Gasteiger partial charge in [-0.3, -0.25) is 0 Å². The molecule has 0 aliphatic heterocycles. The van der Waals surface area contributed by atoms with Gasteiger partial charge in [-0.25, -0.2) is 0 Å². The summed E-state index contributed by atoms with van der Waals surface area (Å²) in [6.07, 6.45) is -0.186. The van der Waals surface area contributed by atoms with E-state index in [9.17, 15) is 10.2 Å². The van der Waals surface area contributed by atoms with Gasteiger partial charge in [-0.2, -0.15) is 0 Å². The molecule has 0 saturated heterocycles. The van der Waals surface area contributed by atoms with Crippen LogP contribution >= 0.6 is 0 Å². The number of hydrogen-bond acceptors (Lipinski definition) is 3. The zero-order chi connectivity index (χ0) is 10.7. The molecule has 2 atom stereocenters. The summed E-state index contributed by atoms with van der Waals surface area (Å²) in [6.45, 7) is 0.547. The van der Waals surface area contributed by atoms with Gasteiger partial charge in [0.1, 0.15) is 0 Å². The third kappa shape index (κ3) is 2.78. The van der Waals surface area contributed by atoms with E-state index in [4.69, 9.17) is 4.74 Å². The first kappa shape index (κ1) is 10.6. The topological polar surface area (TPSA) is 49.7 Å². The molecule has 0 amide bonds. The molecular formula is C12H16O3. The molecule has 82 valence electrons. The highest BCUT2D eigenvalue weighted by Crippen LogP contribution is 2.23. The molecule has 3 heteroatoms. The van der Waals surface area contributed by atoms with Crippen molar-refractivity contribution in [3.8, 4) is 0 Å². The van der Waals surface area contributed by atoms with Crippen molar-refractivity contribution in [3.05, 3.63) is 35.9 Å². The average Bonchev–Trinajstić information content (AvgIpc) is 2.57. The van der Waals surface area contributed by atoms with Gasteiger partial charge in [-0.05, 0) is 5.56 Å². The van der Waals surface area contributed by atoms with E-state index in [2.05, 4.69) is 0 Å². The van der Waals surface area contributed by atoms with E-state index in [0.29, 0.717) is 19.4 Å². The van der Waals surface area contributed by atoms with Gasteiger partial charge < -0.3 is 14.9 Å². The summed E-state index contributed by atoms with van der Waals surface area (Å²) in [5, 5.41) is 18.7. The molecule has 0 unspecified atom stereocenters. The Kier molecular flexibility index (Phi) is 3.36. The van der Waals surface area contributed by atoms with Crippen molar-refractivity contribution in [2.75, 3.05) is 0 Å². The second kappa shape index (κ2) is 4.75. The van der Waals surface area contributed by atoms with Crippen LogP contribution < -0.4 is 0 Å². The molecule has 0 heterocycles. The Balaban J connectivity index is 1.80. The highest BCUT2D eigenvalue weighted by molar-refractivity contribution is 5.13. The first-order valence-corrected chi connectivity index (χ1v) is 5.27. The largest absolute Gasteiger partial charge is 0.390 e. The summed E-state index contributed by atoms with van der Waals surface area (Å²) in [7, 11) is 0. The molecule has 1 aliphatic rings. The minimum absolute atomic E-state index is 0.0183. The first-order chi connectivity index (χ1) is 7.25. The van der Waals surface area contributed by atoms with Crippen LogP contribution in [0, 0.1) is 0 Å². The predicted octanol–water partition coefficient (Wildman–Crippen LogP) is 1.09. The highest BCUT2D eigenvalue weighted by atomic mass is 16.5. The molecule has 1 fully saturated rings. The Bertz CT molecular complexity index is 289. The summed E-state index contributed by atoms with van der Waals surface area (Å²) in [4.78, 5) is 0. The Labute approximate surface area is 89.3 Å². The zero-order valence-corrected chi connectivity index (χ0v) is 8.54. The van der Waals surface area contributed by atoms with Crippen LogP contribution in [0.3, 0.4) is 0 Å². The van der Waals surface area contributed by atoms with Crippen molar-refractivity contribution >= 4 is 0 Å². The maximum Gasteiger partial charge on any atom is 0.0824 e. The first-order valence-electron chi connectivity index (χ1n) is 5.27. The van der Waals surface area contributed by atoms with Crippen LogP contribution in [0.4, 0.5) is 0 Å². The van der Waals surface area contributed by atoms with Crippen molar-refractivity contribution < 1.29 is 14.9 Å². The van der Waals surface area contributed by atoms with Gasteiger partial charge in [0, 0.05) is 12.8 Å². The fourth-order valence-electron chi connectivity index (χ4n) is 1.87. The van der Waals surface area contributed by atoms with Gasteiger partial charge in [0.15, 0.2) is 0 Å². The van der Waals surface area contributed by atoms with E-state index in [1.807, 2.05) is 30.3 Å². The SMILES string of the molecule is O[C@H]1CC(OCc2ccccc2)C[C@@H]1O.